The van der Waals surface area contributed by atoms with Gasteiger partial charge in [0.05, 0.1) is 13.7 Å². The fraction of sp³-hybridized carbons (Fsp3) is 0.429. The minimum atomic E-state index is -0.853. The molecule has 8 nitrogen and oxygen atoms in total. The Bertz CT molecular complexity index is 756. The number of ether oxygens (including phenoxy) is 2. The van der Waals surface area contributed by atoms with Crippen molar-refractivity contribution in [1.82, 2.24) is 0 Å². The van der Waals surface area contributed by atoms with Gasteiger partial charge in [-0.25, -0.2) is 0 Å². The van der Waals surface area contributed by atoms with E-state index in [0.29, 0.717) is 18.0 Å². The molecule has 1 N–H and O–H groups in total. The van der Waals surface area contributed by atoms with Crippen LogP contribution in [0, 0.1) is 10.1 Å². The highest BCUT2D eigenvalue weighted by Crippen LogP contribution is 2.33. The van der Waals surface area contributed by atoms with Gasteiger partial charge in [-0.3, -0.25) is 0 Å². The van der Waals surface area contributed by atoms with E-state index in [1.807, 2.05) is 30.3 Å². The monoisotopic (exact) mass is 404 g/mol. The maximum Gasteiger partial charge on any atom is 0.294 e. The molecule has 2 aromatic carbocycles. The van der Waals surface area contributed by atoms with Crippen molar-refractivity contribution in [3.05, 3.63) is 64.2 Å². The summed E-state index contributed by atoms with van der Waals surface area (Å²) in [6.45, 7) is 2.47. The standard InChI is InChI=1S/C21H28N2O6/c1-17(8-9-18-6-4-3-5-7-18)22(12-13-24)19-10-11-20(27-2)21(16-19)28-14-15-29-23(25)26/h3-7,10-11,16-17,24H,8-9,12-15H2,1-2H3. The molecule has 2 aromatic rings. The Morgan fingerprint density at radius 1 is 1.14 bits per heavy atom. The molecule has 0 radical (unpaired) electrons. The minimum Gasteiger partial charge on any atom is -0.493 e. The predicted octanol–water partition coefficient (Wildman–Crippen LogP) is 3.10. The molecular formula is C21H28N2O6. The van der Waals surface area contributed by atoms with Crippen molar-refractivity contribution >= 4 is 5.69 Å². The second-order valence-corrected chi connectivity index (χ2v) is 6.53. The second-order valence-electron chi connectivity index (χ2n) is 6.53. The first-order valence-electron chi connectivity index (χ1n) is 9.54. The van der Waals surface area contributed by atoms with E-state index >= 15 is 0 Å². The summed E-state index contributed by atoms with van der Waals surface area (Å²) in [5.74, 6) is 0.992. The van der Waals surface area contributed by atoms with Gasteiger partial charge >= 0.3 is 0 Å². The number of nitrogens with zero attached hydrogens (tertiary/aromatic N) is 2. The third-order valence-electron chi connectivity index (χ3n) is 4.58. The van der Waals surface area contributed by atoms with Crippen molar-refractivity contribution in [2.45, 2.75) is 25.8 Å². The number of rotatable bonds is 13. The first-order chi connectivity index (χ1) is 14.0. The van der Waals surface area contributed by atoms with E-state index in [1.54, 1.807) is 6.07 Å². The number of aliphatic hydroxyl groups is 1. The fourth-order valence-corrected chi connectivity index (χ4v) is 3.11. The maximum absolute atomic E-state index is 10.3. The van der Waals surface area contributed by atoms with Crippen molar-refractivity contribution in [3.8, 4) is 11.5 Å². The third-order valence-corrected chi connectivity index (χ3v) is 4.58. The van der Waals surface area contributed by atoms with Crippen LogP contribution >= 0.6 is 0 Å². The van der Waals surface area contributed by atoms with Crippen LogP contribution in [0.25, 0.3) is 0 Å². The Kier molecular flexibility index (Phi) is 9.04. The van der Waals surface area contributed by atoms with Gasteiger partial charge in [-0.2, -0.15) is 0 Å². The number of hydrogen-bond donors (Lipinski definition) is 1. The van der Waals surface area contributed by atoms with E-state index in [-0.39, 0.29) is 25.9 Å². The van der Waals surface area contributed by atoms with Gasteiger partial charge in [0.15, 0.2) is 11.5 Å². The number of hydrogen-bond acceptors (Lipinski definition) is 7. The Balaban J connectivity index is 2.09. The average Bonchev–Trinajstić information content (AvgIpc) is 2.74. The van der Waals surface area contributed by atoms with Gasteiger partial charge in [0.1, 0.15) is 13.2 Å². The third kappa shape index (κ3) is 7.15. The topological polar surface area (TPSA) is 94.3 Å². The lowest BCUT2D eigenvalue weighted by Crippen LogP contribution is -2.36. The maximum atomic E-state index is 10.3. The van der Waals surface area contributed by atoms with Crippen LogP contribution in [0.3, 0.4) is 0 Å². The molecule has 0 aliphatic carbocycles. The zero-order chi connectivity index (χ0) is 21.1. The van der Waals surface area contributed by atoms with Gasteiger partial charge in [0.2, 0.25) is 0 Å². The van der Waals surface area contributed by atoms with Crippen LogP contribution < -0.4 is 14.4 Å². The fourth-order valence-electron chi connectivity index (χ4n) is 3.11. The summed E-state index contributed by atoms with van der Waals surface area (Å²) >= 11 is 0. The van der Waals surface area contributed by atoms with Gasteiger partial charge < -0.3 is 24.3 Å². The lowest BCUT2D eigenvalue weighted by atomic mass is 10.0. The molecule has 0 amide bonds. The van der Waals surface area contributed by atoms with Gasteiger partial charge in [-0.05, 0) is 37.5 Å². The quantitative estimate of drug-likeness (QED) is 0.311. The van der Waals surface area contributed by atoms with Crippen LogP contribution in [0.1, 0.15) is 18.9 Å². The molecule has 0 bridgehead atoms. The molecule has 0 fully saturated rings. The highest BCUT2D eigenvalue weighted by Gasteiger charge is 2.17. The van der Waals surface area contributed by atoms with E-state index in [4.69, 9.17) is 9.47 Å². The Hall–Kier alpha value is -3.00. The largest absolute Gasteiger partial charge is 0.493 e. The van der Waals surface area contributed by atoms with Crippen molar-refractivity contribution in [3.63, 3.8) is 0 Å². The van der Waals surface area contributed by atoms with Crippen LogP contribution in [0.15, 0.2) is 48.5 Å². The number of aryl methyl sites for hydroxylation is 1. The number of anilines is 1. The van der Waals surface area contributed by atoms with Gasteiger partial charge in [-0.1, -0.05) is 30.3 Å². The summed E-state index contributed by atoms with van der Waals surface area (Å²) in [5, 5.41) is 19.0. The van der Waals surface area contributed by atoms with E-state index in [1.165, 1.54) is 12.7 Å². The Morgan fingerprint density at radius 2 is 1.90 bits per heavy atom. The van der Waals surface area contributed by atoms with E-state index in [0.717, 1.165) is 18.5 Å². The molecule has 0 aromatic heterocycles. The average molecular weight is 404 g/mol. The molecule has 1 unspecified atom stereocenters. The van der Waals surface area contributed by atoms with Crippen molar-refractivity contribution in [2.24, 2.45) is 0 Å². The molecule has 0 aliphatic heterocycles. The highest BCUT2D eigenvalue weighted by atomic mass is 17.0. The predicted molar refractivity (Wildman–Crippen MR) is 110 cm³/mol. The van der Waals surface area contributed by atoms with E-state index < -0.39 is 5.09 Å². The Morgan fingerprint density at radius 3 is 2.55 bits per heavy atom. The summed E-state index contributed by atoms with van der Waals surface area (Å²) in [7, 11) is 1.53. The molecule has 0 heterocycles. The van der Waals surface area contributed by atoms with Gasteiger partial charge in [0, 0.05) is 24.3 Å². The smallest absolute Gasteiger partial charge is 0.294 e. The van der Waals surface area contributed by atoms with Gasteiger partial charge in [0.25, 0.3) is 5.09 Å². The molecule has 29 heavy (non-hydrogen) atoms. The lowest BCUT2D eigenvalue weighted by molar-refractivity contribution is -0.757. The first-order valence-corrected chi connectivity index (χ1v) is 9.54. The van der Waals surface area contributed by atoms with E-state index in [2.05, 4.69) is 28.8 Å². The molecule has 0 spiro atoms. The van der Waals surface area contributed by atoms with Crippen molar-refractivity contribution in [2.75, 3.05) is 38.4 Å². The zero-order valence-electron chi connectivity index (χ0n) is 16.8. The lowest BCUT2D eigenvalue weighted by Gasteiger charge is -2.31. The van der Waals surface area contributed by atoms with Crippen LogP contribution in [0.4, 0.5) is 5.69 Å². The normalized spacial score (nSPS) is 11.6. The number of methoxy groups -OCH3 is 1. The number of benzene rings is 2. The summed E-state index contributed by atoms with van der Waals surface area (Å²) in [4.78, 5) is 16.7. The minimum absolute atomic E-state index is 0.0182. The van der Waals surface area contributed by atoms with Crippen LogP contribution in [0.2, 0.25) is 0 Å². The van der Waals surface area contributed by atoms with E-state index in [9.17, 15) is 15.2 Å². The van der Waals surface area contributed by atoms with Gasteiger partial charge in [-0.15, -0.1) is 10.1 Å². The van der Waals surface area contributed by atoms with Crippen LogP contribution in [-0.2, 0) is 11.3 Å². The molecule has 8 heteroatoms. The molecule has 0 aliphatic rings. The molecule has 0 saturated carbocycles. The number of aliphatic hydroxyl groups excluding tert-OH is 1. The highest BCUT2D eigenvalue weighted by molar-refractivity contribution is 5.57. The Labute approximate surface area is 170 Å². The second kappa shape index (κ2) is 11.8. The zero-order valence-corrected chi connectivity index (χ0v) is 16.8. The first kappa shape index (κ1) is 22.3. The van der Waals surface area contributed by atoms with Crippen molar-refractivity contribution in [1.29, 1.82) is 0 Å². The molecule has 1 atom stereocenters. The molecule has 2 rings (SSSR count). The summed E-state index contributed by atoms with van der Waals surface area (Å²) in [5.41, 5.74) is 2.15. The van der Waals surface area contributed by atoms with Crippen LogP contribution in [-0.4, -0.2) is 49.7 Å². The van der Waals surface area contributed by atoms with Crippen LogP contribution in [0.5, 0.6) is 11.5 Å². The molecule has 0 saturated heterocycles. The SMILES string of the molecule is COc1ccc(N(CCO)C(C)CCc2ccccc2)cc1OCCO[N+](=O)[O-]. The summed E-state index contributed by atoms with van der Waals surface area (Å²) in [6.07, 6.45) is 1.85. The van der Waals surface area contributed by atoms with Crippen molar-refractivity contribution < 1.29 is 24.5 Å². The molecular weight excluding hydrogens is 376 g/mol. The summed E-state index contributed by atoms with van der Waals surface area (Å²) < 4.78 is 10.9. The molecule has 158 valence electrons. The summed E-state index contributed by atoms with van der Waals surface area (Å²) in [6, 6.07) is 16.0.